The van der Waals surface area contributed by atoms with Gasteiger partial charge in [0.05, 0.1) is 10.2 Å². The van der Waals surface area contributed by atoms with Gasteiger partial charge in [0.15, 0.2) is 5.13 Å². The van der Waals surface area contributed by atoms with E-state index in [-0.39, 0.29) is 6.03 Å². The molecule has 0 unspecified atom stereocenters. The molecule has 18 heavy (non-hydrogen) atoms. The number of amides is 2. The van der Waals surface area contributed by atoms with Crippen LogP contribution in [0.2, 0.25) is 0 Å². The van der Waals surface area contributed by atoms with E-state index in [0.29, 0.717) is 11.0 Å². The number of hydrogen-bond acceptors (Lipinski definition) is 3. The number of para-hydroxylation sites is 1. The standard InChI is InChI=1S/C13H17N3OS/c1-8(2)9-6-5-7-10-11(9)14-12(18-10)15-13(17)16(3)4/h5-8H,1-4H3,(H,14,15,17). The summed E-state index contributed by atoms with van der Waals surface area (Å²) in [5.74, 6) is 0.424. The molecule has 1 aromatic carbocycles. The minimum absolute atomic E-state index is 0.153. The van der Waals surface area contributed by atoms with Gasteiger partial charge in [0.25, 0.3) is 0 Å². The van der Waals surface area contributed by atoms with Gasteiger partial charge in [-0.3, -0.25) is 5.32 Å². The van der Waals surface area contributed by atoms with Crippen molar-refractivity contribution in [2.75, 3.05) is 19.4 Å². The molecule has 1 aromatic heterocycles. The third kappa shape index (κ3) is 2.46. The van der Waals surface area contributed by atoms with Gasteiger partial charge in [-0.2, -0.15) is 0 Å². The summed E-state index contributed by atoms with van der Waals surface area (Å²) in [6, 6.07) is 6.00. The van der Waals surface area contributed by atoms with Crippen LogP contribution in [0.15, 0.2) is 18.2 Å². The second-order valence-electron chi connectivity index (χ2n) is 4.69. The van der Waals surface area contributed by atoms with Crippen LogP contribution in [0.5, 0.6) is 0 Å². The maximum absolute atomic E-state index is 11.6. The van der Waals surface area contributed by atoms with E-state index in [2.05, 4.69) is 30.2 Å². The number of nitrogens with one attached hydrogen (secondary N) is 1. The maximum Gasteiger partial charge on any atom is 0.323 e. The lowest BCUT2D eigenvalue weighted by Crippen LogP contribution is -2.27. The molecule has 5 heteroatoms. The van der Waals surface area contributed by atoms with Gasteiger partial charge in [-0.25, -0.2) is 9.78 Å². The SMILES string of the molecule is CC(C)c1cccc2sc(NC(=O)N(C)C)nc12. The number of rotatable bonds is 2. The van der Waals surface area contributed by atoms with Gasteiger partial charge in [0.1, 0.15) is 0 Å². The molecule has 4 nitrogen and oxygen atoms in total. The molecule has 0 spiro atoms. The zero-order valence-electron chi connectivity index (χ0n) is 11.0. The molecule has 2 aromatic rings. The summed E-state index contributed by atoms with van der Waals surface area (Å²) in [7, 11) is 3.42. The highest BCUT2D eigenvalue weighted by Crippen LogP contribution is 2.31. The first-order chi connectivity index (χ1) is 8.49. The van der Waals surface area contributed by atoms with E-state index in [4.69, 9.17) is 0 Å². The van der Waals surface area contributed by atoms with E-state index < -0.39 is 0 Å². The van der Waals surface area contributed by atoms with Crippen LogP contribution in [0.3, 0.4) is 0 Å². The number of nitrogens with zero attached hydrogens (tertiary/aromatic N) is 2. The lowest BCUT2D eigenvalue weighted by Gasteiger charge is -2.09. The molecule has 1 heterocycles. The molecule has 2 rings (SSSR count). The predicted molar refractivity (Wildman–Crippen MR) is 76.4 cm³/mol. The molecule has 0 aliphatic carbocycles. The Morgan fingerprint density at radius 1 is 1.39 bits per heavy atom. The Morgan fingerprint density at radius 3 is 2.72 bits per heavy atom. The van der Waals surface area contributed by atoms with E-state index in [1.807, 2.05) is 12.1 Å². The normalized spacial score (nSPS) is 10.9. The van der Waals surface area contributed by atoms with Crippen molar-refractivity contribution < 1.29 is 4.79 Å². The molecule has 0 aliphatic rings. The molecule has 0 saturated heterocycles. The van der Waals surface area contributed by atoms with Crippen LogP contribution < -0.4 is 5.32 Å². The highest BCUT2D eigenvalue weighted by molar-refractivity contribution is 7.22. The summed E-state index contributed by atoms with van der Waals surface area (Å²) in [4.78, 5) is 17.6. The first kappa shape index (κ1) is 12.8. The van der Waals surface area contributed by atoms with E-state index in [1.54, 1.807) is 14.1 Å². The second-order valence-corrected chi connectivity index (χ2v) is 5.72. The van der Waals surface area contributed by atoms with Gasteiger partial charge in [-0.05, 0) is 17.5 Å². The van der Waals surface area contributed by atoms with Gasteiger partial charge in [-0.1, -0.05) is 37.3 Å². The molecule has 0 bridgehead atoms. The number of benzene rings is 1. The third-order valence-corrected chi connectivity index (χ3v) is 3.63. The number of thiazole rings is 1. The highest BCUT2D eigenvalue weighted by Gasteiger charge is 2.12. The maximum atomic E-state index is 11.6. The van der Waals surface area contributed by atoms with Crippen molar-refractivity contribution in [3.63, 3.8) is 0 Å². The molecular formula is C13H17N3OS. The van der Waals surface area contributed by atoms with Crippen LogP contribution in [-0.4, -0.2) is 30.0 Å². The largest absolute Gasteiger partial charge is 0.331 e. The second kappa shape index (κ2) is 4.94. The van der Waals surface area contributed by atoms with Crippen molar-refractivity contribution in [3.8, 4) is 0 Å². The van der Waals surface area contributed by atoms with Gasteiger partial charge < -0.3 is 4.90 Å². The average molecular weight is 263 g/mol. The molecular weight excluding hydrogens is 246 g/mol. The van der Waals surface area contributed by atoms with Crippen LogP contribution >= 0.6 is 11.3 Å². The molecule has 96 valence electrons. The van der Waals surface area contributed by atoms with Crippen molar-refractivity contribution in [3.05, 3.63) is 23.8 Å². The monoisotopic (exact) mass is 263 g/mol. The average Bonchev–Trinajstić information content (AvgIpc) is 2.70. The van der Waals surface area contributed by atoms with Crippen LogP contribution in [0.1, 0.15) is 25.3 Å². The molecule has 0 radical (unpaired) electrons. The first-order valence-electron chi connectivity index (χ1n) is 5.87. The fraction of sp³-hybridized carbons (Fsp3) is 0.385. The van der Waals surface area contributed by atoms with Crippen molar-refractivity contribution in [1.29, 1.82) is 0 Å². The Morgan fingerprint density at radius 2 is 2.11 bits per heavy atom. The molecule has 0 fully saturated rings. The quantitative estimate of drug-likeness (QED) is 0.901. The Bertz CT molecular complexity index is 575. The summed E-state index contributed by atoms with van der Waals surface area (Å²) < 4.78 is 1.11. The topological polar surface area (TPSA) is 45.2 Å². The molecule has 2 amide bonds. The lowest BCUT2D eigenvalue weighted by molar-refractivity contribution is 0.230. The number of urea groups is 1. The van der Waals surface area contributed by atoms with Crippen molar-refractivity contribution >= 4 is 32.7 Å². The van der Waals surface area contributed by atoms with Gasteiger partial charge in [0, 0.05) is 14.1 Å². The Balaban J connectivity index is 2.38. The minimum atomic E-state index is -0.153. The van der Waals surface area contributed by atoms with Crippen LogP contribution in [0.25, 0.3) is 10.2 Å². The Hall–Kier alpha value is -1.62. The van der Waals surface area contributed by atoms with Gasteiger partial charge in [0.2, 0.25) is 0 Å². The number of carbonyl (C=O) groups is 1. The summed E-state index contributed by atoms with van der Waals surface area (Å²) in [6.45, 7) is 4.29. The number of aromatic nitrogens is 1. The number of fused-ring (bicyclic) bond motifs is 1. The summed E-state index contributed by atoms with van der Waals surface area (Å²) in [5.41, 5.74) is 2.21. The zero-order valence-corrected chi connectivity index (χ0v) is 11.8. The minimum Gasteiger partial charge on any atom is -0.331 e. The molecule has 0 saturated carbocycles. The summed E-state index contributed by atoms with van der Waals surface area (Å²) >= 11 is 1.50. The van der Waals surface area contributed by atoms with E-state index in [9.17, 15) is 4.79 Å². The molecule has 0 atom stereocenters. The fourth-order valence-corrected chi connectivity index (χ4v) is 2.58. The van der Waals surface area contributed by atoms with Gasteiger partial charge >= 0.3 is 6.03 Å². The Labute approximate surface area is 111 Å². The van der Waals surface area contributed by atoms with Crippen molar-refractivity contribution in [2.45, 2.75) is 19.8 Å². The van der Waals surface area contributed by atoms with Crippen LogP contribution in [0, 0.1) is 0 Å². The summed E-state index contributed by atoms with van der Waals surface area (Å²) in [5, 5.41) is 3.44. The van der Waals surface area contributed by atoms with Gasteiger partial charge in [-0.15, -0.1) is 0 Å². The van der Waals surface area contributed by atoms with Crippen molar-refractivity contribution in [1.82, 2.24) is 9.88 Å². The van der Waals surface area contributed by atoms with E-state index in [0.717, 1.165) is 10.2 Å². The van der Waals surface area contributed by atoms with E-state index >= 15 is 0 Å². The molecule has 1 N–H and O–H groups in total. The third-order valence-electron chi connectivity index (χ3n) is 2.69. The predicted octanol–water partition coefficient (Wildman–Crippen LogP) is 3.51. The summed E-state index contributed by atoms with van der Waals surface area (Å²) in [6.07, 6.45) is 0. The molecule has 0 aliphatic heterocycles. The van der Waals surface area contributed by atoms with Crippen LogP contribution in [-0.2, 0) is 0 Å². The number of hydrogen-bond donors (Lipinski definition) is 1. The Kier molecular flexibility index (Phi) is 3.52. The lowest BCUT2D eigenvalue weighted by atomic mass is 10.0. The number of carbonyl (C=O) groups excluding carboxylic acids is 1. The fourth-order valence-electron chi connectivity index (χ4n) is 1.69. The van der Waals surface area contributed by atoms with Crippen molar-refractivity contribution in [2.24, 2.45) is 0 Å². The first-order valence-corrected chi connectivity index (χ1v) is 6.68. The van der Waals surface area contributed by atoms with Crippen LogP contribution in [0.4, 0.5) is 9.93 Å². The highest BCUT2D eigenvalue weighted by atomic mass is 32.1. The van der Waals surface area contributed by atoms with E-state index in [1.165, 1.54) is 21.8 Å². The zero-order chi connectivity index (χ0) is 13.3. The smallest absolute Gasteiger partial charge is 0.323 e. The number of anilines is 1.